The fraction of sp³-hybridized carbons (Fsp3) is 0.600. The van der Waals surface area contributed by atoms with Crippen LogP contribution < -0.4 is 4.90 Å². The van der Waals surface area contributed by atoms with Crippen LogP contribution in [0.15, 0.2) is 18.3 Å². The van der Waals surface area contributed by atoms with E-state index in [1.807, 2.05) is 12.1 Å². The predicted molar refractivity (Wildman–Crippen MR) is 76.5 cm³/mol. The molecule has 20 heavy (non-hydrogen) atoms. The molecule has 3 heterocycles. The van der Waals surface area contributed by atoms with Crippen molar-refractivity contribution >= 4 is 5.82 Å². The van der Waals surface area contributed by atoms with E-state index in [0.717, 1.165) is 51.8 Å². The summed E-state index contributed by atoms with van der Waals surface area (Å²) >= 11 is 0. The minimum Gasteiger partial charge on any atom is -0.379 e. The average Bonchev–Trinajstić information content (AvgIpc) is 2.97. The molecule has 0 aromatic carbocycles. The lowest BCUT2D eigenvalue weighted by Gasteiger charge is -2.29. The fourth-order valence-corrected chi connectivity index (χ4v) is 2.98. The van der Waals surface area contributed by atoms with E-state index >= 15 is 0 Å². The number of pyridine rings is 1. The van der Waals surface area contributed by atoms with Gasteiger partial charge in [-0.2, -0.15) is 5.26 Å². The monoisotopic (exact) mass is 272 g/mol. The van der Waals surface area contributed by atoms with Crippen LogP contribution in [0.5, 0.6) is 0 Å². The van der Waals surface area contributed by atoms with E-state index in [-0.39, 0.29) is 0 Å². The highest BCUT2D eigenvalue weighted by molar-refractivity contribution is 5.42. The van der Waals surface area contributed by atoms with Crippen LogP contribution in [0.3, 0.4) is 0 Å². The third kappa shape index (κ3) is 3.09. The molecule has 0 aliphatic carbocycles. The second kappa shape index (κ2) is 6.21. The lowest BCUT2D eigenvalue weighted by Crippen LogP contribution is -2.39. The van der Waals surface area contributed by atoms with E-state index in [1.165, 1.54) is 6.42 Å². The highest BCUT2D eigenvalue weighted by Gasteiger charge is 2.25. The Bertz CT molecular complexity index is 476. The first-order valence-corrected chi connectivity index (χ1v) is 7.26. The molecule has 1 aromatic rings. The van der Waals surface area contributed by atoms with Crippen molar-refractivity contribution in [2.24, 2.45) is 5.92 Å². The molecule has 0 saturated carbocycles. The number of nitriles is 1. The van der Waals surface area contributed by atoms with Gasteiger partial charge in [0.2, 0.25) is 0 Å². The molecule has 2 aliphatic heterocycles. The van der Waals surface area contributed by atoms with Gasteiger partial charge in [-0.25, -0.2) is 4.98 Å². The van der Waals surface area contributed by atoms with Gasteiger partial charge < -0.3 is 9.64 Å². The lowest BCUT2D eigenvalue weighted by atomic mass is 10.1. The molecule has 1 aromatic heterocycles. The minimum absolute atomic E-state index is 0.623. The number of rotatable bonds is 3. The van der Waals surface area contributed by atoms with Crippen molar-refractivity contribution in [2.75, 3.05) is 50.8 Å². The molecule has 0 spiro atoms. The van der Waals surface area contributed by atoms with Crippen LogP contribution in [0.4, 0.5) is 5.82 Å². The standard InChI is InChI=1S/C15H20N4O/c16-9-13-1-2-15(17-10-13)19-4-3-14(12-19)11-18-5-7-20-8-6-18/h1-2,10,14H,3-8,11-12H2. The molecule has 3 rings (SSSR count). The molecule has 5 nitrogen and oxygen atoms in total. The van der Waals surface area contributed by atoms with Crippen LogP contribution in [-0.2, 0) is 4.74 Å². The largest absolute Gasteiger partial charge is 0.379 e. The van der Waals surface area contributed by atoms with Crippen molar-refractivity contribution < 1.29 is 4.74 Å². The van der Waals surface area contributed by atoms with Crippen LogP contribution in [-0.4, -0.2) is 55.8 Å². The Balaban J connectivity index is 1.54. The Kier molecular flexibility index (Phi) is 4.14. The molecule has 0 N–H and O–H groups in total. The Hall–Kier alpha value is -1.64. The first-order chi connectivity index (χ1) is 9.85. The quantitative estimate of drug-likeness (QED) is 0.825. The summed E-state index contributed by atoms with van der Waals surface area (Å²) in [5.41, 5.74) is 0.623. The molecule has 2 aliphatic rings. The van der Waals surface area contributed by atoms with Crippen molar-refractivity contribution in [3.05, 3.63) is 23.9 Å². The molecule has 0 amide bonds. The summed E-state index contributed by atoms with van der Waals surface area (Å²) in [4.78, 5) is 9.21. The molecule has 2 fully saturated rings. The van der Waals surface area contributed by atoms with Crippen molar-refractivity contribution in [1.82, 2.24) is 9.88 Å². The van der Waals surface area contributed by atoms with Gasteiger partial charge in [0.05, 0.1) is 18.8 Å². The van der Waals surface area contributed by atoms with Crippen molar-refractivity contribution in [3.63, 3.8) is 0 Å². The van der Waals surface area contributed by atoms with Crippen molar-refractivity contribution in [3.8, 4) is 6.07 Å². The Morgan fingerprint density at radius 2 is 2.15 bits per heavy atom. The van der Waals surface area contributed by atoms with Crippen LogP contribution in [0, 0.1) is 17.2 Å². The maximum Gasteiger partial charge on any atom is 0.128 e. The molecular weight excluding hydrogens is 252 g/mol. The number of ether oxygens (including phenoxy) is 1. The maximum atomic E-state index is 8.80. The van der Waals surface area contributed by atoms with Gasteiger partial charge in [0, 0.05) is 38.9 Å². The number of nitrogens with zero attached hydrogens (tertiary/aromatic N) is 4. The fourth-order valence-electron chi connectivity index (χ4n) is 2.98. The molecule has 1 unspecified atom stereocenters. The van der Waals surface area contributed by atoms with Gasteiger partial charge >= 0.3 is 0 Å². The summed E-state index contributed by atoms with van der Waals surface area (Å²) < 4.78 is 5.39. The normalized spacial score (nSPS) is 23.8. The van der Waals surface area contributed by atoms with Gasteiger partial charge in [-0.1, -0.05) is 0 Å². The molecule has 106 valence electrons. The number of anilines is 1. The number of hydrogen-bond acceptors (Lipinski definition) is 5. The maximum absolute atomic E-state index is 8.80. The van der Waals surface area contributed by atoms with Crippen LogP contribution in [0.1, 0.15) is 12.0 Å². The summed E-state index contributed by atoms with van der Waals surface area (Å²) in [5.74, 6) is 1.71. The van der Waals surface area contributed by atoms with Gasteiger partial charge in [0.1, 0.15) is 11.9 Å². The molecule has 1 atom stereocenters. The van der Waals surface area contributed by atoms with Gasteiger partial charge in [0.15, 0.2) is 0 Å². The highest BCUT2D eigenvalue weighted by atomic mass is 16.5. The van der Waals surface area contributed by atoms with Crippen molar-refractivity contribution in [2.45, 2.75) is 6.42 Å². The van der Waals surface area contributed by atoms with Gasteiger partial charge in [-0.15, -0.1) is 0 Å². The third-order valence-electron chi connectivity index (χ3n) is 4.11. The molecule has 0 bridgehead atoms. The van der Waals surface area contributed by atoms with E-state index < -0.39 is 0 Å². The van der Waals surface area contributed by atoms with Gasteiger partial charge in [-0.05, 0) is 24.5 Å². The number of morpholine rings is 1. The van der Waals surface area contributed by atoms with Crippen molar-refractivity contribution in [1.29, 1.82) is 5.26 Å². The first-order valence-electron chi connectivity index (χ1n) is 7.26. The van der Waals surface area contributed by atoms with Crippen LogP contribution >= 0.6 is 0 Å². The van der Waals surface area contributed by atoms with Crippen LogP contribution in [0.2, 0.25) is 0 Å². The molecular formula is C15H20N4O. The Morgan fingerprint density at radius 1 is 1.30 bits per heavy atom. The molecule has 0 radical (unpaired) electrons. The summed E-state index contributed by atoms with van der Waals surface area (Å²) in [5, 5.41) is 8.80. The number of aromatic nitrogens is 1. The zero-order valence-electron chi connectivity index (χ0n) is 11.7. The number of hydrogen-bond donors (Lipinski definition) is 0. The van der Waals surface area contributed by atoms with E-state index in [1.54, 1.807) is 6.20 Å². The molecule has 2 saturated heterocycles. The summed E-state index contributed by atoms with van der Waals surface area (Å²) in [7, 11) is 0. The van der Waals surface area contributed by atoms with E-state index in [9.17, 15) is 0 Å². The lowest BCUT2D eigenvalue weighted by molar-refractivity contribution is 0.0320. The Labute approximate surface area is 119 Å². The first kappa shape index (κ1) is 13.3. The van der Waals surface area contributed by atoms with Gasteiger partial charge in [0.25, 0.3) is 0 Å². The second-order valence-electron chi connectivity index (χ2n) is 5.53. The zero-order valence-corrected chi connectivity index (χ0v) is 11.7. The topological polar surface area (TPSA) is 52.4 Å². The second-order valence-corrected chi connectivity index (χ2v) is 5.53. The van der Waals surface area contributed by atoms with E-state index in [4.69, 9.17) is 10.00 Å². The summed E-state index contributed by atoms with van der Waals surface area (Å²) in [6.45, 7) is 7.15. The Morgan fingerprint density at radius 3 is 2.85 bits per heavy atom. The van der Waals surface area contributed by atoms with E-state index in [2.05, 4.69) is 20.9 Å². The SMILES string of the molecule is N#Cc1ccc(N2CCC(CN3CCOCC3)C2)nc1. The summed E-state index contributed by atoms with van der Waals surface area (Å²) in [6, 6.07) is 5.91. The van der Waals surface area contributed by atoms with Crippen LogP contribution in [0.25, 0.3) is 0 Å². The highest BCUT2D eigenvalue weighted by Crippen LogP contribution is 2.23. The predicted octanol–water partition coefficient (Wildman–Crippen LogP) is 1.11. The van der Waals surface area contributed by atoms with Gasteiger partial charge in [-0.3, -0.25) is 4.90 Å². The average molecular weight is 272 g/mol. The zero-order chi connectivity index (χ0) is 13.8. The summed E-state index contributed by atoms with van der Waals surface area (Å²) in [6.07, 6.45) is 2.88. The third-order valence-corrected chi connectivity index (χ3v) is 4.11. The van der Waals surface area contributed by atoms with E-state index in [0.29, 0.717) is 11.5 Å². The minimum atomic E-state index is 0.623. The smallest absolute Gasteiger partial charge is 0.128 e. The molecule has 5 heteroatoms.